The van der Waals surface area contributed by atoms with Crippen LogP contribution in [0.2, 0.25) is 0 Å². The summed E-state index contributed by atoms with van der Waals surface area (Å²) >= 11 is 11.4. The minimum Gasteiger partial charge on any atom is -0.360 e. The third-order valence-corrected chi connectivity index (χ3v) is 6.99. The molecule has 2 saturated carbocycles. The Hall–Kier alpha value is -2.18. The molecule has 4 rings (SSSR count). The zero-order valence-corrected chi connectivity index (χ0v) is 20.3. The van der Waals surface area contributed by atoms with Crippen LogP contribution in [0.1, 0.15) is 64.2 Å². The number of hydrogen-bond donors (Lipinski definition) is 3. The molecule has 2 fully saturated rings. The minimum absolute atomic E-state index is 0.464. The summed E-state index contributed by atoms with van der Waals surface area (Å²) in [6.07, 6.45) is 12.6. The van der Waals surface area contributed by atoms with Crippen LogP contribution in [0.25, 0.3) is 0 Å². The summed E-state index contributed by atoms with van der Waals surface area (Å²) in [6.45, 7) is 0. The van der Waals surface area contributed by atoms with Crippen LogP contribution in [-0.2, 0) is 0 Å². The molecule has 2 aliphatic rings. The number of benzene rings is 2. The zero-order valence-electron chi connectivity index (χ0n) is 18.7. The van der Waals surface area contributed by atoms with Crippen molar-refractivity contribution in [3.63, 3.8) is 0 Å². The smallest absolute Gasteiger partial charge is 0.178 e. The monoisotopic (exact) mass is 466 g/mol. The summed E-state index contributed by atoms with van der Waals surface area (Å²) in [5, 5.41) is 11.9. The van der Waals surface area contributed by atoms with Gasteiger partial charge in [0, 0.05) is 29.1 Å². The largest absolute Gasteiger partial charge is 0.360 e. The summed E-state index contributed by atoms with van der Waals surface area (Å²) in [5.41, 5.74) is 3.10. The lowest BCUT2D eigenvalue weighted by Gasteiger charge is -2.31. The van der Waals surface area contributed by atoms with Crippen LogP contribution in [0.5, 0.6) is 0 Å². The van der Waals surface area contributed by atoms with Gasteiger partial charge >= 0.3 is 0 Å². The molecule has 32 heavy (non-hydrogen) atoms. The van der Waals surface area contributed by atoms with Crippen molar-refractivity contribution in [1.82, 2.24) is 10.6 Å². The number of anilines is 3. The molecule has 4 nitrogen and oxygen atoms in total. The number of hydrogen-bond acceptors (Lipinski definition) is 2. The second-order valence-electron chi connectivity index (χ2n) is 8.94. The van der Waals surface area contributed by atoms with Gasteiger partial charge in [-0.3, -0.25) is 4.90 Å². The zero-order chi connectivity index (χ0) is 22.2. The summed E-state index contributed by atoms with van der Waals surface area (Å²) in [4.78, 5) is 2.13. The number of thiocarbonyl (C=S) groups is 2. The van der Waals surface area contributed by atoms with Crippen molar-refractivity contribution in [2.24, 2.45) is 0 Å². The topological polar surface area (TPSA) is 39.3 Å². The van der Waals surface area contributed by atoms with E-state index in [0.29, 0.717) is 17.2 Å². The van der Waals surface area contributed by atoms with Crippen LogP contribution in [0.3, 0.4) is 0 Å². The van der Waals surface area contributed by atoms with Crippen LogP contribution in [0, 0.1) is 0 Å². The summed E-state index contributed by atoms with van der Waals surface area (Å²) < 4.78 is 0. The maximum atomic E-state index is 5.88. The van der Waals surface area contributed by atoms with Crippen molar-refractivity contribution in [3.8, 4) is 0 Å². The molecule has 2 aliphatic carbocycles. The van der Waals surface area contributed by atoms with Gasteiger partial charge in [-0.25, -0.2) is 0 Å². The highest BCUT2D eigenvalue weighted by Crippen LogP contribution is 2.28. The summed E-state index contributed by atoms with van der Waals surface area (Å²) in [5.74, 6) is 0. The van der Waals surface area contributed by atoms with Gasteiger partial charge in [-0.05, 0) is 86.5 Å². The van der Waals surface area contributed by atoms with Gasteiger partial charge in [-0.15, -0.1) is 0 Å². The van der Waals surface area contributed by atoms with E-state index in [-0.39, 0.29) is 0 Å². The Morgan fingerprint density at radius 1 is 0.656 bits per heavy atom. The lowest BCUT2D eigenvalue weighted by molar-refractivity contribution is 0.414. The molecule has 2 aromatic rings. The molecule has 0 spiro atoms. The molecule has 0 aliphatic heterocycles. The minimum atomic E-state index is 0.464. The van der Waals surface area contributed by atoms with Crippen molar-refractivity contribution in [2.45, 2.75) is 76.3 Å². The fourth-order valence-corrected chi connectivity index (χ4v) is 5.40. The highest BCUT2D eigenvalue weighted by atomic mass is 32.1. The van der Waals surface area contributed by atoms with E-state index in [0.717, 1.165) is 22.2 Å². The molecule has 0 saturated heterocycles. The molecule has 0 aromatic heterocycles. The third-order valence-electron chi connectivity index (χ3n) is 6.47. The van der Waals surface area contributed by atoms with E-state index in [2.05, 4.69) is 69.4 Å². The average molecular weight is 467 g/mol. The van der Waals surface area contributed by atoms with Crippen LogP contribution >= 0.6 is 24.4 Å². The fraction of sp³-hybridized carbons (Fsp3) is 0.462. The molecular weight excluding hydrogens is 432 g/mol. The first kappa shape index (κ1) is 23.0. The molecule has 0 heterocycles. The Morgan fingerprint density at radius 3 is 1.78 bits per heavy atom. The van der Waals surface area contributed by atoms with Crippen LogP contribution < -0.4 is 20.9 Å². The number of nitrogens with one attached hydrogen (secondary N) is 3. The summed E-state index contributed by atoms with van der Waals surface area (Å²) in [6, 6.07) is 19.7. The van der Waals surface area contributed by atoms with Crippen molar-refractivity contribution >= 4 is 51.7 Å². The van der Waals surface area contributed by atoms with Gasteiger partial charge in [-0.1, -0.05) is 56.7 Å². The molecular formula is C26H34N4S2. The Kier molecular flexibility index (Phi) is 8.35. The van der Waals surface area contributed by atoms with Gasteiger partial charge in [0.05, 0.1) is 0 Å². The summed E-state index contributed by atoms with van der Waals surface area (Å²) in [7, 11) is 0. The molecule has 0 atom stereocenters. The Morgan fingerprint density at radius 2 is 1.19 bits per heavy atom. The SMILES string of the molecule is S=C(Nc1ccc(N(C(=S)NC2CCCCC2)c2ccccc2)cc1)NC1CCCCC1. The van der Waals surface area contributed by atoms with E-state index in [1.165, 1.54) is 64.2 Å². The maximum absolute atomic E-state index is 5.88. The fourth-order valence-electron chi connectivity index (χ4n) is 4.74. The molecule has 0 radical (unpaired) electrons. The van der Waals surface area contributed by atoms with Gasteiger partial charge in [0.2, 0.25) is 0 Å². The maximum Gasteiger partial charge on any atom is 0.178 e. The quantitative estimate of drug-likeness (QED) is 0.429. The van der Waals surface area contributed by atoms with Gasteiger partial charge in [0.25, 0.3) is 0 Å². The number of para-hydroxylation sites is 1. The Bertz CT molecular complexity index is 872. The van der Waals surface area contributed by atoms with Crippen LogP contribution in [-0.4, -0.2) is 22.3 Å². The van der Waals surface area contributed by atoms with E-state index >= 15 is 0 Å². The highest BCUT2D eigenvalue weighted by molar-refractivity contribution is 7.80. The molecule has 6 heteroatoms. The predicted molar refractivity (Wildman–Crippen MR) is 144 cm³/mol. The molecule has 170 valence electrons. The molecule has 0 amide bonds. The van der Waals surface area contributed by atoms with Crippen molar-refractivity contribution < 1.29 is 0 Å². The standard InChI is InChI=1S/C26H34N4S2/c31-25(27-20-10-4-1-5-11-20)28-22-16-18-24(19-17-22)30(23-14-8-3-9-15-23)26(32)29-21-12-6-2-7-13-21/h3,8-9,14-21H,1-2,4-7,10-13H2,(H,29,32)(H2,27,28,31). The molecule has 0 bridgehead atoms. The molecule has 3 N–H and O–H groups in total. The van der Waals surface area contributed by atoms with Crippen molar-refractivity contribution in [3.05, 3.63) is 54.6 Å². The predicted octanol–water partition coefficient (Wildman–Crippen LogP) is 6.65. The number of nitrogens with zero attached hydrogens (tertiary/aromatic N) is 1. The first-order valence-corrected chi connectivity index (χ1v) is 12.8. The van der Waals surface area contributed by atoms with E-state index in [1.54, 1.807) is 0 Å². The van der Waals surface area contributed by atoms with Gasteiger partial charge in [-0.2, -0.15) is 0 Å². The molecule has 0 unspecified atom stereocenters. The van der Waals surface area contributed by atoms with E-state index in [1.807, 2.05) is 6.07 Å². The Labute approximate surface area is 203 Å². The van der Waals surface area contributed by atoms with E-state index in [9.17, 15) is 0 Å². The third kappa shape index (κ3) is 6.42. The van der Waals surface area contributed by atoms with E-state index in [4.69, 9.17) is 24.4 Å². The number of rotatable bonds is 5. The second-order valence-corrected chi connectivity index (χ2v) is 9.73. The average Bonchev–Trinajstić information content (AvgIpc) is 2.82. The van der Waals surface area contributed by atoms with Crippen LogP contribution in [0.15, 0.2) is 54.6 Å². The van der Waals surface area contributed by atoms with Gasteiger partial charge < -0.3 is 16.0 Å². The normalized spacial score (nSPS) is 17.4. The lowest BCUT2D eigenvalue weighted by atomic mass is 9.96. The van der Waals surface area contributed by atoms with Gasteiger partial charge in [0.15, 0.2) is 10.2 Å². The van der Waals surface area contributed by atoms with Crippen molar-refractivity contribution in [1.29, 1.82) is 0 Å². The van der Waals surface area contributed by atoms with Crippen molar-refractivity contribution in [2.75, 3.05) is 10.2 Å². The van der Waals surface area contributed by atoms with E-state index < -0.39 is 0 Å². The second kappa shape index (κ2) is 11.6. The first-order valence-electron chi connectivity index (χ1n) is 12.0. The van der Waals surface area contributed by atoms with Gasteiger partial charge in [0.1, 0.15) is 0 Å². The highest BCUT2D eigenvalue weighted by Gasteiger charge is 2.20. The van der Waals surface area contributed by atoms with Crippen LogP contribution in [0.4, 0.5) is 17.1 Å². The molecule has 2 aromatic carbocycles. The first-order chi connectivity index (χ1) is 15.7. The Balaban J connectivity index is 1.43. The lowest BCUT2D eigenvalue weighted by Crippen LogP contribution is -2.43.